The Morgan fingerprint density at radius 1 is 1.21 bits per heavy atom. The number of Topliss-reactive ketones (excluding diaryl/α,β-unsaturated/α-hetero) is 1. The predicted molar refractivity (Wildman–Crippen MR) is 111 cm³/mol. The lowest BCUT2D eigenvalue weighted by Crippen LogP contribution is -2.29. The molecule has 1 N–H and O–H groups in total. The van der Waals surface area contributed by atoms with E-state index in [1.807, 2.05) is 6.08 Å². The number of ketones is 1. The standard InChI is InChI=1S/C23H40O5/c1-4-6-12-22(27-3)21(25)17-15-18-14-16-20(24)19(18)11-9-7-8-10-13-23(26)28-5-2/h10,13,18-19,21-22,25H,4-9,11-12,14-17H2,1-3H3/t18-,19-,21?,22?/m1/s1. The summed E-state index contributed by atoms with van der Waals surface area (Å²) in [7, 11) is 1.67. The SMILES string of the molecule is CCCCC(OC)C(O)CC[C@H]1CCC(=O)[C@@H]1CCCCC=CC(=O)OCC. The first-order valence-electron chi connectivity index (χ1n) is 11.1. The van der Waals surface area contributed by atoms with Crippen molar-refractivity contribution in [1.29, 1.82) is 0 Å². The number of unbranched alkanes of at least 4 members (excludes halogenated alkanes) is 3. The predicted octanol–water partition coefficient (Wildman–Crippen LogP) is 4.61. The second-order valence-corrected chi connectivity index (χ2v) is 7.87. The van der Waals surface area contributed by atoms with E-state index >= 15 is 0 Å². The highest BCUT2D eigenvalue weighted by atomic mass is 16.5. The Balaban J connectivity index is 2.32. The van der Waals surface area contributed by atoms with Crippen molar-refractivity contribution < 1.29 is 24.2 Å². The van der Waals surface area contributed by atoms with Gasteiger partial charge in [-0.25, -0.2) is 4.79 Å². The maximum absolute atomic E-state index is 12.3. The zero-order valence-corrected chi connectivity index (χ0v) is 18.0. The topological polar surface area (TPSA) is 72.8 Å². The lowest BCUT2D eigenvalue weighted by atomic mass is 9.85. The Hall–Kier alpha value is -1.20. The van der Waals surface area contributed by atoms with E-state index in [1.54, 1.807) is 14.0 Å². The lowest BCUT2D eigenvalue weighted by Gasteiger charge is -2.24. The number of carbonyl (C=O) groups is 2. The maximum atomic E-state index is 12.3. The molecule has 0 aromatic rings. The van der Waals surface area contributed by atoms with Crippen LogP contribution >= 0.6 is 0 Å². The van der Waals surface area contributed by atoms with Gasteiger partial charge in [0, 0.05) is 25.5 Å². The van der Waals surface area contributed by atoms with Gasteiger partial charge < -0.3 is 14.6 Å². The third-order valence-electron chi connectivity index (χ3n) is 5.83. The molecule has 0 saturated heterocycles. The van der Waals surface area contributed by atoms with Crippen molar-refractivity contribution in [2.75, 3.05) is 13.7 Å². The van der Waals surface area contributed by atoms with Crippen LogP contribution in [-0.2, 0) is 19.1 Å². The van der Waals surface area contributed by atoms with Gasteiger partial charge in [-0.3, -0.25) is 4.79 Å². The second-order valence-electron chi connectivity index (χ2n) is 7.87. The molecule has 1 aliphatic carbocycles. The van der Waals surface area contributed by atoms with Gasteiger partial charge in [-0.15, -0.1) is 0 Å². The van der Waals surface area contributed by atoms with Gasteiger partial charge in [0.2, 0.25) is 0 Å². The van der Waals surface area contributed by atoms with E-state index in [0.29, 0.717) is 31.1 Å². The molecule has 0 radical (unpaired) electrons. The number of hydrogen-bond donors (Lipinski definition) is 1. The van der Waals surface area contributed by atoms with Crippen LogP contribution in [0.3, 0.4) is 0 Å². The molecular weight excluding hydrogens is 356 g/mol. The smallest absolute Gasteiger partial charge is 0.330 e. The molecule has 1 rings (SSSR count). The van der Waals surface area contributed by atoms with Gasteiger partial charge in [0.05, 0.1) is 18.8 Å². The van der Waals surface area contributed by atoms with Crippen LogP contribution in [0.15, 0.2) is 12.2 Å². The van der Waals surface area contributed by atoms with Gasteiger partial charge in [0.25, 0.3) is 0 Å². The van der Waals surface area contributed by atoms with Crippen molar-refractivity contribution in [2.45, 2.75) is 96.7 Å². The first-order chi connectivity index (χ1) is 13.5. The molecule has 4 atom stereocenters. The number of hydrogen-bond acceptors (Lipinski definition) is 5. The molecule has 2 unspecified atom stereocenters. The molecule has 28 heavy (non-hydrogen) atoms. The lowest BCUT2D eigenvalue weighted by molar-refractivity contribution is -0.137. The normalized spacial score (nSPS) is 21.9. The number of carbonyl (C=O) groups excluding carboxylic acids is 2. The van der Waals surface area contributed by atoms with Crippen LogP contribution in [0.5, 0.6) is 0 Å². The Labute approximate surface area is 170 Å². The summed E-state index contributed by atoms with van der Waals surface area (Å²) in [4.78, 5) is 23.5. The molecule has 0 heterocycles. The minimum Gasteiger partial charge on any atom is -0.463 e. The maximum Gasteiger partial charge on any atom is 0.330 e. The fourth-order valence-electron chi connectivity index (χ4n) is 4.16. The number of esters is 1. The summed E-state index contributed by atoms with van der Waals surface area (Å²) >= 11 is 0. The van der Waals surface area contributed by atoms with E-state index in [0.717, 1.165) is 57.8 Å². The molecule has 1 saturated carbocycles. The van der Waals surface area contributed by atoms with Crippen molar-refractivity contribution in [1.82, 2.24) is 0 Å². The number of aliphatic hydroxyl groups is 1. The Morgan fingerprint density at radius 2 is 2.00 bits per heavy atom. The summed E-state index contributed by atoms with van der Waals surface area (Å²) in [5.41, 5.74) is 0. The third kappa shape index (κ3) is 9.33. The summed E-state index contributed by atoms with van der Waals surface area (Å²) in [5.74, 6) is 0.620. The number of methoxy groups -OCH3 is 1. The summed E-state index contributed by atoms with van der Waals surface area (Å²) in [5, 5.41) is 10.4. The summed E-state index contributed by atoms with van der Waals surface area (Å²) in [6.45, 7) is 4.33. The van der Waals surface area contributed by atoms with Crippen LogP contribution in [0.25, 0.3) is 0 Å². The minimum absolute atomic E-state index is 0.0957. The van der Waals surface area contributed by atoms with E-state index in [1.165, 1.54) is 6.08 Å². The molecule has 0 bridgehead atoms. The summed E-state index contributed by atoms with van der Waals surface area (Å²) in [6, 6.07) is 0. The van der Waals surface area contributed by atoms with Gasteiger partial charge in [0.1, 0.15) is 5.78 Å². The van der Waals surface area contributed by atoms with Gasteiger partial charge >= 0.3 is 5.97 Å². The minimum atomic E-state index is -0.444. The number of allylic oxidation sites excluding steroid dienone is 1. The van der Waals surface area contributed by atoms with E-state index in [2.05, 4.69) is 6.92 Å². The van der Waals surface area contributed by atoms with Crippen molar-refractivity contribution >= 4 is 11.8 Å². The van der Waals surface area contributed by atoms with Crippen molar-refractivity contribution in [3.8, 4) is 0 Å². The Morgan fingerprint density at radius 3 is 2.68 bits per heavy atom. The highest BCUT2D eigenvalue weighted by molar-refractivity contribution is 5.83. The van der Waals surface area contributed by atoms with Crippen LogP contribution in [-0.4, -0.2) is 42.8 Å². The van der Waals surface area contributed by atoms with Gasteiger partial charge in [-0.1, -0.05) is 32.3 Å². The Kier molecular flexibility index (Phi) is 13.1. The fourth-order valence-corrected chi connectivity index (χ4v) is 4.16. The molecule has 5 nitrogen and oxygen atoms in total. The van der Waals surface area contributed by atoms with Crippen LogP contribution in [0.1, 0.15) is 84.5 Å². The largest absolute Gasteiger partial charge is 0.463 e. The molecule has 0 aromatic carbocycles. The van der Waals surface area contributed by atoms with E-state index in [9.17, 15) is 14.7 Å². The fraction of sp³-hybridized carbons (Fsp3) is 0.826. The van der Waals surface area contributed by atoms with Gasteiger partial charge in [0.15, 0.2) is 0 Å². The molecule has 0 spiro atoms. The quantitative estimate of drug-likeness (QED) is 0.249. The van der Waals surface area contributed by atoms with Gasteiger partial charge in [-0.2, -0.15) is 0 Å². The third-order valence-corrected chi connectivity index (χ3v) is 5.83. The molecule has 0 aromatic heterocycles. The monoisotopic (exact) mass is 396 g/mol. The second kappa shape index (κ2) is 14.7. The van der Waals surface area contributed by atoms with Crippen molar-refractivity contribution in [3.05, 3.63) is 12.2 Å². The molecule has 1 fully saturated rings. The van der Waals surface area contributed by atoms with Crippen molar-refractivity contribution in [2.24, 2.45) is 11.8 Å². The molecule has 162 valence electrons. The van der Waals surface area contributed by atoms with E-state index in [-0.39, 0.29) is 18.0 Å². The number of ether oxygens (including phenoxy) is 2. The highest BCUT2D eigenvalue weighted by Crippen LogP contribution is 2.36. The molecule has 1 aliphatic rings. The van der Waals surface area contributed by atoms with E-state index in [4.69, 9.17) is 9.47 Å². The first kappa shape index (κ1) is 24.8. The van der Waals surface area contributed by atoms with E-state index < -0.39 is 6.10 Å². The zero-order chi connectivity index (χ0) is 20.8. The molecule has 5 heteroatoms. The number of rotatable bonds is 15. The summed E-state index contributed by atoms with van der Waals surface area (Å²) in [6.07, 6.45) is 12.8. The highest BCUT2D eigenvalue weighted by Gasteiger charge is 2.34. The molecular formula is C23H40O5. The van der Waals surface area contributed by atoms with Crippen LogP contribution in [0, 0.1) is 11.8 Å². The average molecular weight is 397 g/mol. The Bertz CT molecular complexity index is 474. The number of aliphatic hydroxyl groups excluding tert-OH is 1. The van der Waals surface area contributed by atoms with Crippen LogP contribution < -0.4 is 0 Å². The molecule has 0 aliphatic heterocycles. The zero-order valence-electron chi connectivity index (χ0n) is 18.0. The van der Waals surface area contributed by atoms with Crippen LogP contribution in [0.4, 0.5) is 0 Å². The average Bonchev–Trinajstić information content (AvgIpc) is 3.03. The van der Waals surface area contributed by atoms with Crippen molar-refractivity contribution in [3.63, 3.8) is 0 Å². The first-order valence-corrected chi connectivity index (χ1v) is 11.1. The van der Waals surface area contributed by atoms with Crippen LogP contribution in [0.2, 0.25) is 0 Å². The van der Waals surface area contributed by atoms with Gasteiger partial charge in [-0.05, 0) is 57.8 Å². The summed E-state index contributed by atoms with van der Waals surface area (Å²) < 4.78 is 10.3. The molecule has 0 amide bonds.